The van der Waals surface area contributed by atoms with Crippen molar-refractivity contribution >= 4 is 0 Å². The fourth-order valence-electron chi connectivity index (χ4n) is 2.70. The zero-order chi connectivity index (χ0) is 14.5. The molecule has 0 saturated carbocycles. The van der Waals surface area contributed by atoms with Gasteiger partial charge in [-0.05, 0) is 29.5 Å². The number of hydrogen-bond donors (Lipinski definition) is 2. The second kappa shape index (κ2) is 7.07. The summed E-state index contributed by atoms with van der Waals surface area (Å²) in [4.78, 5) is 2.32. The largest absolute Gasteiger partial charge is 0.491 e. The average Bonchev–Trinajstić information content (AvgIpc) is 2.75. The van der Waals surface area contributed by atoms with Crippen LogP contribution in [0, 0.1) is 11.8 Å². The van der Waals surface area contributed by atoms with Crippen LogP contribution in [0.2, 0.25) is 0 Å². The number of likely N-dealkylation sites (tertiary alicyclic amines) is 1. The number of benzene rings is 1. The number of β-amino-alcohol motifs (C(OH)–C–C–N with tert-alkyl or cyclic N) is 1. The first kappa shape index (κ1) is 15.3. The van der Waals surface area contributed by atoms with E-state index < -0.39 is 6.10 Å². The molecule has 1 aromatic rings. The number of hydrogen-bond acceptors (Lipinski definition) is 4. The normalized spacial score (nSPS) is 24.8. The molecule has 1 fully saturated rings. The van der Waals surface area contributed by atoms with Crippen molar-refractivity contribution in [3.63, 3.8) is 0 Å². The number of nitrogens with zero attached hydrogens (tertiary/aromatic N) is 1. The molecule has 0 radical (unpaired) electrons. The van der Waals surface area contributed by atoms with Crippen molar-refractivity contribution < 1.29 is 9.84 Å². The van der Waals surface area contributed by atoms with Gasteiger partial charge in [0, 0.05) is 26.2 Å². The second-order valence-electron chi connectivity index (χ2n) is 5.99. The van der Waals surface area contributed by atoms with E-state index >= 15 is 0 Å². The molecule has 1 aromatic carbocycles. The van der Waals surface area contributed by atoms with Gasteiger partial charge in [0.15, 0.2) is 0 Å². The van der Waals surface area contributed by atoms with Crippen molar-refractivity contribution in [3.8, 4) is 5.75 Å². The first-order valence-electron chi connectivity index (χ1n) is 7.40. The fourth-order valence-corrected chi connectivity index (χ4v) is 2.70. The van der Waals surface area contributed by atoms with E-state index in [4.69, 9.17) is 10.5 Å². The molecule has 2 rings (SSSR count). The van der Waals surface area contributed by atoms with Crippen LogP contribution >= 0.6 is 0 Å². The van der Waals surface area contributed by atoms with Gasteiger partial charge in [0.25, 0.3) is 0 Å². The summed E-state index contributed by atoms with van der Waals surface area (Å²) in [5.74, 6) is 2.20. The van der Waals surface area contributed by atoms with Crippen LogP contribution in [-0.4, -0.2) is 42.4 Å². The average molecular weight is 278 g/mol. The molecule has 0 aromatic heterocycles. The molecule has 20 heavy (non-hydrogen) atoms. The van der Waals surface area contributed by atoms with Crippen molar-refractivity contribution in [1.82, 2.24) is 4.90 Å². The highest BCUT2D eigenvalue weighted by Gasteiger charge is 2.27. The highest BCUT2D eigenvalue weighted by Crippen LogP contribution is 2.22. The third kappa shape index (κ3) is 4.20. The van der Waals surface area contributed by atoms with E-state index in [1.165, 1.54) is 0 Å². The molecule has 0 spiro atoms. The number of aliphatic hydroxyl groups is 1. The van der Waals surface area contributed by atoms with E-state index in [2.05, 4.69) is 18.7 Å². The summed E-state index contributed by atoms with van der Waals surface area (Å²) in [5.41, 5.74) is 6.64. The van der Waals surface area contributed by atoms with Crippen LogP contribution in [0.15, 0.2) is 24.3 Å². The summed E-state index contributed by atoms with van der Waals surface area (Å²) in [7, 11) is 0. The molecule has 4 heteroatoms. The Bertz CT molecular complexity index is 415. The molecule has 3 N–H and O–H groups in total. The summed E-state index contributed by atoms with van der Waals surface area (Å²) in [6.45, 7) is 8.20. The molecule has 0 amide bonds. The Morgan fingerprint density at radius 1 is 1.35 bits per heavy atom. The monoisotopic (exact) mass is 278 g/mol. The molecule has 3 atom stereocenters. The molecule has 1 saturated heterocycles. The van der Waals surface area contributed by atoms with E-state index in [9.17, 15) is 5.11 Å². The summed E-state index contributed by atoms with van der Waals surface area (Å²) in [6.07, 6.45) is -0.450. The Morgan fingerprint density at radius 3 is 2.70 bits per heavy atom. The molecule has 0 aliphatic carbocycles. The lowest BCUT2D eigenvalue weighted by Gasteiger charge is -2.20. The van der Waals surface area contributed by atoms with Crippen molar-refractivity contribution in [3.05, 3.63) is 29.8 Å². The smallest absolute Gasteiger partial charge is 0.119 e. The van der Waals surface area contributed by atoms with Gasteiger partial charge >= 0.3 is 0 Å². The Kier molecular flexibility index (Phi) is 5.40. The Morgan fingerprint density at radius 2 is 2.05 bits per heavy atom. The lowest BCUT2D eigenvalue weighted by atomic mass is 10.0. The van der Waals surface area contributed by atoms with Crippen LogP contribution in [0.25, 0.3) is 0 Å². The Balaban J connectivity index is 1.76. The zero-order valence-electron chi connectivity index (χ0n) is 12.5. The minimum Gasteiger partial charge on any atom is -0.491 e. The quantitative estimate of drug-likeness (QED) is 0.827. The molecule has 112 valence electrons. The van der Waals surface area contributed by atoms with Gasteiger partial charge in [0.05, 0.1) is 0 Å². The van der Waals surface area contributed by atoms with E-state index in [0.717, 1.165) is 24.4 Å². The van der Waals surface area contributed by atoms with Crippen LogP contribution in [0.1, 0.15) is 19.4 Å². The van der Waals surface area contributed by atoms with Crippen molar-refractivity contribution in [2.24, 2.45) is 17.6 Å². The van der Waals surface area contributed by atoms with Gasteiger partial charge in [0.1, 0.15) is 18.5 Å². The highest BCUT2D eigenvalue weighted by molar-refractivity contribution is 5.28. The maximum atomic E-state index is 10.1. The predicted octanol–water partition coefficient (Wildman–Crippen LogP) is 1.47. The molecule has 1 aliphatic heterocycles. The lowest BCUT2D eigenvalue weighted by Crippen LogP contribution is -2.34. The van der Waals surface area contributed by atoms with Gasteiger partial charge < -0.3 is 20.5 Å². The van der Waals surface area contributed by atoms with Crippen molar-refractivity contribution in [2.75, 3.05) is 26.2 Å². The zero-order valence-corrected chi connectivity index (χ0v) is 12.5. The van der Waals surface area contributed by atoms with Gasteiger partial charge in [-0.25, -0.2) is 0 Å². The summed E-state index contributed by atoms with van der Waals surface area (Å²) >= 11 is 0. The van der Waals surface area contributed by atoms with Gasteiger partial charge in [0.2, 0.25) is 0 Å². The van der Waals surface area contributed by atoms with Crippen LogP contribution in [0.4, 0.5) is 0 Å². The number of ether oxygens (including phenoxy) is 1. The van der Waals surface area contributed by atoms with E-state index in [-0.39, 0.29) is 0 Å². The van der Waals surface area contributed by atoms with Gasteiger partial charge in [-0.1, -0.05) is 26.0 Å². The molecular weight excluding hydrogens is 252 g/mol. The van der Waals surface area contributed by atoms with E-state index in [1.54, 1.807) is 0 Å². The van der Waals surface area contributed by atoms with Gasteiger partial charge in [-0.2, -0.15) is 0 Å². The molecule has 0 bridgehead atoms. The lowest BCUT2D eigenvalue weighted by molar-refractivity contribution is 0.0743. The minimum atomic E-state index is -0.450. The maximum absolute atomic E-state index is 10.1. The summed E-state index contributed by atoms with van der Waals surface area (Å²) < 4.78 is 5.64. The number of aliphatic hydroxyl groups excluding tert-OH is 1. The topological polar surface area (TPSA) is 58.7 Å². The van der Waals surface area contributed by atoms with Crippen molar-refractivity contribution in [2.45, 2.75) is 26.5 Å². The Labute approximate surface area is 121 Å². The third-order valence-electron chi connectivity index (χ3n) is 4.11. The molecule has 3 unspecified atom stereocenters. The minimum absolute atomic E-state index is 0.327. The predicted molar refractivity (Wildman–Crippen MR) is 80.6 cm³/mol. The summed E-state index contributed by atoms with van der Waals surface area (Å²) in [6, 6.07) is 7.71. The first-order chi connectivity index (χ1) is 9.58. The first-order valence-corrected chi connectivity index (χ1v) is 7.40. The second-order valence-corrected chi connectivity index (χ2v) is 5.99. The van der Waals surface area contributed by atoms with Crippen LogP contribution in [0.5, 0.6) is 5.75 Å². The number of rotatable bonds is 6. The van der Waals surface area contributed by atoms with Crippen molar-refractivity contribution in [1.29, 1.82) is 0 Å². The van der Waals surface area contributed by atoms with Crippen LogP contribution in [-0.2, 0) is 6.54 Å². The van der Waals surface area contributed by atoms with Gasteiger partial charge in [-0.15, -0.1) is 0 Å². The molecule has 1 heterocycles. The van der Waals surface area contributed by atoms with E-state index in [0.29, 0.717) is 31.5 Å². The number of nitrogens with two attached hydrogens (primary N) is 1. The Hall–Kier alpha value is -1.10. The molecular formula is C16H26N2O2. The highest BCUT2D eigenvalue weighted by atomic mass is 16.5. The molecule has 4 nitrogen and oxygen atoms in total. The van der Waals surface area contributed by atoms with Crippen LogP contribution < -0.4 is 10.5 Å². The standard InChI is InChI=1S/C16H26N2O2/c1-12-8-18(9-13(12)2)10-15(19)11-20-16-5-3-4-14(6-16)7-17/h3-6,12-13,15,19H,7-11,17H2,1-2H3. The molecule has 1 aliphatic rings. The van der Waals surface area contributed by atoms with Gasteiger partial charge in [-0.3, -0.25) is 0 Å². The van der Waals surface area contributed by atoms with Crippen LogP contribution in [0.3, 0.4) is 0 Å². The third-order valence-corrected chi connectivity index (χ3v) is 4.11. The maximum Gasteiger partial charge on any atom is 0.119 e. The summed E-state index contributed by atoms with van der Waals surface area (Å²) in [5, 5.41) is 10.1. The van der Waals surface area contributed by atoms with E-state index in [1.807, 2.05) is 24.3 Å². The SMILES string of the molecule is CC1CN(CC(O)COc2cccc(CN)c2)CC1C. The fraction of sp³-hybridized carbons (Fsp3) is 0.625.